The monoisotopic (exact) mass is 519 g/mol. The number of alkyl halides is 2. The molecule has 1 saturated carbocycles. The van der Waals surface area contributed by atoms with Gasteiger partial charge in [-0.1, -0.05) is 41.4 Å². The standard InChI is InChI=1S/C21H18Cl5N3O2/c1-10(2)27-9-17(30)29-16-8-14(3-4-15(16)24)28-20(31)19-18(21(19,25)26)11-5-12(22)7-13(23)6-11/h3-8,18-19,27H,1,9H2,2H3,(H,28,31)(H,29,30). The zero-order valence-electron chi connectivity index (χ0n) is 16.2. The Morgan fingerprint density at radius 1 is 1.03 bits per heavy atom. The van der Waals surface area contributed by atoms with Crippen LogP contribution in [0.2, 0.25) is 15.1 Å². The molecule has 2 unspecified atom stereocenters. The summed E-state index contributed by atoms with van der Waals surface area (Å²) in [6.07, 6.45) is 0. The summed E-state index contributed by atoms with van der Waals surface area (Å²) in [4.78, 5) is 24.9. The van der Waals surface area contributed by atoms with Gasteiger partial charge in [-0.25, -0.2) is 0 Å². The maximum atomic E-state index is 12.9. The van der Waals surface area contributed by atoms with Gasteiger partial charge in [0.05, 0.1) is 23.2 Å². The first kappa shape index (κ1) is 24.0. The van der Waals surface area contributed by atoms with Crippen LogP contribution in [0, 0.1) is 5.92 Å². The Kier molecular flexibility index (Phi) is 7.34. The molecule has 1 aliphatic rings. The van der Waals surface area contributed by atoms with E-state index in [-0.39, 0.29) is 18.4 Å². The molecule has 1 aliphatic carbocycles. The molecular formula is C21H18Cl5N3O2. The van der Waals surface area contributed by atoms with Gasteiger partial charge in [0.2, 0.25) is 11.8 Å². The number of rotatable bonds is 7. The molecule has 2 aromatic rings. The van der Waals surface area contributed by atoms with E-state index in [0.29, 0.717) is 37.7 Å². The van der Waals surface area contributed by atoms with Crippen LogP contribution in [0.25, 0.3) is 0 Å². The molecule has 3 N–H and O–H groups in total. The van der Waals surface area contributed by atoms with Crippen molar-refractivity contribution in [2.75, 3.05) is 17.2 Å². The lowest BCUT2D eigenvalue weighted by Gasteiger charge is -2.11. The molecule has 0 saturated heterocycles. The van der Waals surface area contributed by atoms with E-state index in [4.69, 9.17) is 58.0 Å². The van der Waals surface area contributed by atoms with Gasteiger partial charge in [0.15, 0.2) is 0 Å². The van der Waals surface area contributed by atoms with Gasteiger partial charge in [-0.3, -0.25) is 9.59 Å². The van der Waals surface area contributed by atoms with Crippen molar-refractivity contribution in [1.82, 2.24) is 5.32 Å². The Balaban J connectivity index is 1.71. The summed E-state index contributed by atoms with van der Waals surface area (Å²) < 4.78 is -1.30. The van der Waals surface area contributed by atoms with Gasteiger partial charge in [-0.15, -0.1) is 23.2 Å². The van der Waals surface area contributed by atoms with Crippen molar-refractivity contribution in [3.05, 3.63) is 69.3 Å². The molecule has 2 atom stereocenters. The summed E-state index contributed by atoms with van der Waals surface area (Å²) in [5.74, 6) is -1.87. The molecule has 0 radical (unpaired) electrons. The summed E-state index contributed by atoms with van der Waals surface area (Å²) in [7, 11) is 0. The molecule has 10 heteroatoms. The highest BCUT2D eigenvalue weighted by Gasteiger charge is 2.67. The SMILES string of the molecule is C=C(C)NCC(=O)Nc1cc(NC(=O)C2C(c3cc(Cl)cc(Cl)c3)C2(Cl)Cl)ccc1Cl. The lowest BCUT2D eigenvalue weighted by atomic mass is 10.1. The molecule has 1 fully saturated rings. The number of carbonyl (C=O) groups excluding carboxylic acids is 2. The topological polar surface area (TPSA) is 70.2 Å². The van der Waals surface area contributed by atoms with E-state index < -0.39 is 16.2 Å². The summed E-state index contributed by atoms with van der Waals surface area (Å²) >= 11 is 31.0. The predicted molar refractivity (Wildman–Crippen MR) is 129 cm³/mol. The Morgan fingerprint density at radius 3 is 2.29 bits per heavy atom. The molecule has 2 aromatic carbocycles. The van der Waals surface area contributed by atoms with E-state index in [1.807, 2.05) is 0 Å². The first-order chi connectivity index (χ1) is 14.5. The van der Waals surface area contributed by atoms with Crippen LogP contribution in [-0.4, -0.2) is 22.7 Å². The second kappa shape index (κ2) is 9.47. The van der Waals surface area contributed by atoms with E-state index in [0.717, 1.165) is 0 Å². The number of carbonyl (C=O) groups is 2. The number of hydrogen-bond donors (Lipinski definition) is 3. The van der Waals surface area contributed by atoms with Crippen molar-refractivity contribution >= 4 is 81.2 Å². The third kappa shape index (κ3) is 5.79. The second-order valence-corrected chi connectivity index (χ2v) is 9.92. The number of amides is 2. The van der Waals surface area contributed by atoms with Crippen molar-refractivity contribution in [2.24, 2.45) is 5.92 Å². The van der Waals surface area contributed by atoms with Crippen LogP contribution >= 0.6 is 58.0 Å². The van der Waals surface area contributed by atoms with Gasteiger partial charge in [-0.05, 0) is 48.9 Å². The number of hydrogen-bond acceptors (Lipinski definition) is 3. The minimum atomic E-state index is -1.30. The lowest BCUT2D eigenvalue weighted by molar-refractivity contribution is -0.117. The summed E-state index contributed by atoms with van der Waals surface area (Å²) in [6.45, 7) is 5.45. The molecule has 0 aliphatic heterocycles. The first-order valence-electron chi connectivity index (χ1n) is 9.12. The molecule has 0 bridgehead atoms. The Hall–Kier alpha value is -1.63. The number of halogens is 5. The van der Waals surface area contributed by atoms with Gasteiger partial charge in [0.1, 0.15) is 4.33 Å². The molecule has 31 heavy (non-hydrogen) atoms. The van der Waals surface area contributed by atoms with Crippen LogP contribution in [-0.2, 0) is 9.59 Å². The maximum absolute atomic E-state index is 12.9. The molecule has 0 heterocycles. The van der Waals surface area contributed by atoms with E-state index >= 15 is 0 Å². The Morgan fingerprint density at radius 2 is 1.68 bits per heavy atom. The van der Waals surface area contributed by atoms with Gasteiger partial charge in [0.25, 0.3) is 0 Å². The lowest BCUT2D eigenvalue weighted by Crippen LogP contribution is -2.26. The van der Waals surface area contributed by atoms with Crippen LogP contribution < -0.4 is 16.0 Å². The highest BCUT2D eigenvalue weighted by atomic mass is 35.5. The fourth-order valence-corrected chi connectivity index (χ4v) is 4.70. The van der Waals surface area contributed by atoms with Gasteiger partial charge >= 0.3 is 0 Å². The number of anilines is 2. The Labute approximate surface area is 205 Å². The molecule has 0 spiro atoms. The molecule has 2 amide bonds. The average molecular weight is 522 g/mol. The van der Waals surface area contributed by atoms with E-state index in [1.165, 1.54) is 0 Å². The van der Waals surface area contributed by atoms with Crippen molar-refractivity contribution in [3.63, 3.8) is 0 Å². The molecule has 164 valence electrons. The zero-order valence-corrected chi connectivity index (χ0v) is 20.0. The quantitative estimate of drug-likeness (QED) is 0.378. The van der Waals surface area contributed by atoms with Crippen LogP contribution in [0.5, 0.6) is 0 Å². The fraction of sp³-hybridized carbons (Fsp3) is 0.238. The van der Waals surface area contributed by atoms with Crippen molar-refractivity contribution < 1.29 is 9.59 Å². The molecule has 5 nitrogen and oxygen atoms in total. The average Bonchev–Trinajstić information content (AvgIpc) is 3.24. The van der Waals surface area contributed by atoms with Crippen LogP contribution in [0.15, 0.2) is 48.7 Å². The minimum absolute atomic E-state index is 0.0369. The van der Waals surface area contributed by atoms with E-state index in [9.17, 15) is 9.59 Å². The maximum Gasteiger partial charge on any atom is 0.243 e. The number of benzene rings is 2. The predicted octanol–water partition coefficient (Wildman–Crippen LogP) is 6.23. The van der Waals surface area contributed by atoms with Crippen molar-refractivity contribution in [2.45, 2.75) is 17.2 Å². The first-order valence-corrected chi connectivity index (χ1v) is 11.0. The summed E-state index contributed by atoms with van der Waals surface area (Å²) in [6, 6.07) is 9.68. The van der Waals surface area contributed by atoms with Crippen molar-refractivity contribution in [1.29, 1.82) is 0 Å². The Bertz CT molecular complexity index is 1040. The second-order valence-electron chi connectivity index (χ2n) is 7.20. The molecular weight excluding hydrogens is 504 g/mol. The third-order valence-electron chi connectivity index (χ3n) is 4.64. The van der Waals surface area contributed by atoms with E-state index in [1.54, 1.807) is 43.3 Å². The normalized spacial score (nSPS) is 18.8. The van der Waals surface area contributed by atoms with E-state index in [2.05, 4.69) is 22.5 Å². The fourth-order valence-electron chi connectivity index (χ4n) is 3.17. The molecule has 3 rings (SSSR count). The van der Waals surface area contributed by atoms with Crippen molar-refractivity contribution in [3.8, 4) is 0 Å². The highest BCUT2D eigenvalue weighted by molar-refractivity contribution is 6.53. The highest BCUT2D eigenvalue weighted by Crippen LogP contribution is 2.65. The van der Waals surface area contributed by atoms with Gasteiger partial charge < -0.3 is 16.0 Å². The van der Waals surface area contributed by atoms with Gasteiger partial charge in [-0.2, -0.15) is 0 Å². The third-order valence-corrected chi connectivity index (χ3v) is 6.35. The minimum Gasteiger partial charge on any atom is -0.380 e. The largest absolute Gasteiger partial charge is 0.380 e. The number of nitrogens with one attached hydrogen (secondary N) is 3. The molecule has 0 aromatic heterocycles. The summed E-state index contributed by atoms with van der Waals surface area (Å²) in [5.41, 5.74) is 2.12. The van der Waals surface area contributed by atoms with Crippen LogP contribution in [0.4, 0.5) is 11.4 Å². The van der Waals surface area contributed by atoms with Gasteiger partial charge in [0, 0.05) is 27.3 Å². The number of allylic oxidation sites excluding steroid dienone is 1. The van der Waals surface area contributed by atoms with Crippen LogP contribution in [0.3, 0.4) is 0 Å². The summed E-state index contributed by atoms with van der Waals surface area (Å²) in [5, 5.41) is 9.45. The zero-order chi connectivity index (χ0) is 22.9. The smallest absolute Gasteiger partial charge is 0.243 e. The van der Waals surface area contributed by atoms with Crippen LogP contribution in [0.1, 0.15) is 18.4 Å².